The third-order valence-electron chi connectivity index (χ3n) is 2.94. The van der Waals surface area contributed by atoms with Gasteiger partial charge in [0.25, 0.3) is 0 Å². The molecule has 1 aromatic carbocycles. The Hall–Kier alpha value is -1.52. The Bertz CT molecular complexity index is 549. The van der Waals surface area contributed by atoms with Gasteiger partial charge in [0.15, 0.2) is 5.96 Å². The van der Waals surface area contributed by atoms with Crippen molar-refractivity contribution in [1.82, 2.24) is 10.6 Å². The highest BCUT2D eigenvalue weighted by atomic mass is 35.5. The molecule has 0 atom stereocenters. The molecule has 0 fully saturated rings. The van der Waals surface area contributed by atoms with Crippen molar-refractivity contribution < 1.29 is 0 Å². The van der Waals surface area contributed by atoms with Gasteiger partial charge in [0.2, 0.25) is 0 Å². The Labute approximate surface area is 135 Å². The van der Waals surface area contributed by atoms with Crippen molar-refractivity contribution in [3.63, 3.8) is 0 Å². The van der Waals surface area contributed by atoms with Crippen molar-refractivity contribution >= 4 is 28.9 Å². The summed E-state index contributed by atoms with van der Waals surface area (Å²) in [6, 6.07) is 12.1. The summed E-state index contributed by atoms with van der Waals surface area (Å²) >= 11 is 7.61. The Kier molecular flexibility index (Phi) is 6.57. The summed E-state index contributed by atoms with van der Waals surface area (Å²) in [4.78, 5) is 5.85. The monoisotopic (exact) mass is 321 g/mol. The molecule has 21 heavy (non-hydrogen) atoms. The second-order valence-corrected chi connectivity index (χ2v) is 6.05. The number of guanidine groups is 1. The molecule has 0 unspecified atom stereocenters. The molecule has 1 heterocycles. The molecule has 2 N–H and O–H groups in total. The summed E-state index contributed by atoms with van der Waals surface area (Å²) in [5.74, 6) is 0.861. The molecule has 0 radical (unpaired) electrons. The molecule has 0 saturated heterocycles. The van der Waals surface area contributed by atoms with Crippen molar-refractivity contribution in [2.75, 3.05) is 13.1 Å². The molecule has 0 aliphatic carbocycles. The standard InChI is InChI=1S/C16H20ClN3S/c1-2-18-16(20-12-15-4-3-11-21-15)19-10-9-13-5-7-14(17)8-6-13/h3-8,11H,2,9-10,12H2,1H3,(H2,18,19,20). The second-order valence-electron chi connectivity index (χ2n) is 4.58. The van der Waals surface area contributed by atoms with Crippen molar-refractivity contribution in [2.24, 2.45) is 4.99 Å². The summed E-state index contributed by atoms with van der Waals surface area (Å²) in [5, 5.41) is 9.47. The van der Waals surface area contributed by atoms with Gasteiger partial charge >= 0.3 is 0 Å². The minimum absolute atomic E-state index is 0.716. The van der Waals surface area contributed by atoms with E-state index in [0.29, 0.717) is 6.54 Å². The van der Waals surface area contributed by atoms with Gasteiger partial charge in [0.05, 0.1) is 6.54 Å². The van der Waals surface area contributed by atoms with Gasteiger partial charge in [-0.1, -0.05) is 29.8 Å². The zero-order valence-corrected chi connectivity index (χ0v) is 13.7. The molecule has 112 valence electrons. The summed E-state index contributed by atoms with van der Waals surface area (Å²) in [7, 11) is 0. The highest BCUT2D eigenvalue weighted by Gasteiger charge is 1.99. The molecule has 3 nitrogen and oxygen atoms in total. The minimum Gasteiger partial charge on any atom is -0.357 e. The van der Waals surface area contributed by atoms with E-state index in [1.54, 1.807) is 11.3 Å². The molecule has 0 amide bonds. The second kappa shape index (κ2) is 8.70. The van der Waals surface area contributed by atoms with E-state index in [9.17, 15) is 0 Å². The number of aliphatic imine (C=N–C) groups is 1. The van der Waals surface area contributed by atoms with Gasteiger partial charge in [-0.25, -0.2) is 4.99 Å². The molecule has 0 bridgehead atoms. The lowest BCUT2D eigenvalue weighted by molar-refractivity contribution is 0.801. The van der Waals surface area contributed by atoms with Crippen molar-refractivity contribution in [1.29, 1.82) is 0 Å². The van der Waals surface area contributed by atoms with E-state index >= 15 is 0 Å². The molecule has 0 spiro atoms. The molecule has 0 saturated carbocycles. The summed E-state index contributed by atoms with van der Waals surface area (Å²) in [5.41, 5.74) is 1.26. The Morgan fingerprint density at radius 3 is 2.67 bits per heavy atom. The van der Waals surface area contributed by atoms with Crippen LogP contribution in [0.5, 0.6) is 0 Å². The number of nitrogens with one attached hydrogen (secondary N) is 2. The number of hydrogen-bond acceptors (Lipinski definition) is 2. The average Bonchev–Trinajstić information content (AvgIpc) is 3.00. The van der Waals surface area contributed by atoms with Gasteiger partial charge in [-0.05, 0) is 42.5 Å². The summed E-state index contributed by atoms with van der Waals surface area (Å²) in [6.45, 7) is 4.49. The molecule has 2 aromatic rings. The number of thiophene rings is 1. The summed E-state index contributed by atoms with van der Waals surface area (Å²) < 4.78 is 0. The van der Waals surface area contributed by atoms with E-state index in [1.165, 1.54) is 10.4 Å². The van der Waals surface area contributed by atoms with Crippen LogP contribution in [-0.4, -0.2) is 19.0 Å². The third kappa shape index (κ3) is 5.78. The average molecular weight is 322 g/mol. The number of halogens is 1. The molecular formula is C16H20ClN3S. The van der Waals surface area contributed by atoms with Crippen LogP contribution in [0.4, 0.5) is 0 Å². The maximum absolute atomic E-state index is 5.88. The molecular weight excluding hydrogens is 302 g/mol. The number of hydrogen-bond donors (Lipinski definition) is 2. The van der Waals surface area contributed by atoms with Crippen LogP contribution in [0.1, 0.15) is 17.4 Å². The van der Waals surface area contributed by atoms with Crippen LogP contribution in [0.15, 0.2) is 46.8 Å². The zero-order valence-electron chi connectivity index (χ0n) is 12.1. The molecule has 5 heteroatoms. The van der Waals surface area contributed by atoms with E-state index in [2.05, 4.69) is 52.2 Å². The Balaban J connectivity index is 1.82. The zero-order chi connectivity index (χ0) is 14.9. The first-order valence-electron chi connectivity index (χ1n) is 7.07. The van der Waals surface area contributed by atoms with Crippen LogP contribution in [0.25, 0.3) is 0 Å². The SMILES string of the molecule is CCNC(=NCc1cccs1)NCCc1ccc(Cl)cc1. The minimum atomic E-state index is 0.716. The highest BCUT2D eigenvalue weighted by molar-refractivity contribution is 7.09. The van der Waals surface area contributed by atoms with Crippen LogP contribution in [0, 0.1) is 0 Å². The molecule has 2 rings (SSSR count). The first kappa shape index (κ1) is 15.9. The van der Waals surface area contributed by atoms with E-state index < -0.39 is 0 Å². The van der Waals surface area contributed by atoms with E-state index in [0.717, 1.165) is 30.5 Å². The quantitative estimate of drug-likeness (QED) is 0.628. The van der Waals surface area contributed by atoms with Crippen molar-refractivity contribution in [3.05, 3.63) is 57.2 Å². The number of rotatable bonds is 6. The summed E-state index contributed by atoms with van der Waals surface area (Å²) in [6.07, 6.45) is 0.945. The van der Waals surface area contributed by atoms with Crippen molar-refractivity contribution in [3.8, 4) is 0 Å². The van der Waals surface area contributed by atoms with Crippen LogP contribution >= 0.6 is 22.9 Å². The highest BCUT2D eigenvalue weighted by Crippen LogP contribution is 2.10. The fraction of sp³-hybridized carbons (Fsp3) is 0.312. The lowest BCUT2D eigenvalue weighted by atomic mass is 10.1. The third-order valence-corrected chi connectivity index (χ3v) is 4.05. The van der Waals surface area contributed by atoms with Gasteiger partial charge in [-0.2, -0.15) is 0 Å². The lowest BCUT2D eigenvalue weighted by Gasteiger charge is -2.11. The van der Waals surface area contributed by atoms with E-state index in [4.69, 9.17) is 11.6 Å². The smallest absolute Gasteiger partial charge is 0.191 e. The van der Waals surface area contributed by atoms with Gasteiger partial charge in [0.1, 0.15) is 0 Å². The van der Waals surface area contributed by atoms with Crippen LogP contribution < -0.4 is 10.6 Å². The van der Waals surface area contributed by atoms with Crippen molar-refractivity contribution in [2.45, 2.75) is 19.9 Å². The maximum Gasteiger partial charge on any atom is 0.191 e. The van der Waals surface area contributed by atoms with Gasteiger partial charge in [-0.15, -0.1) is 11.3 Å². The lowest BCUT2D eigenvalue weighted by Crippen LogP contribution is -2.38. The van der Waals surface area contributed by atoms with Gasteiger partial charge in [0, 0.05) is 23.0 Å². The fourth-order valence-corrected chi connectivity index (χ4v) is 2.63. The van der Waals surface area contributed by atoms with E-state index in [1.807, 2.05) is 12.1 Å². The first-order valence-corrected chi connectivity index (χ1v) is 8.32. The van der Waals surface area contributed by atoms with E-state index in [-0.39, 0.29) is 0 Å². The molecule has 0 aliphatic heterocycles. The predicted octanol–water partition coefficient (Wildman–Crippen LogP) is 3.70. The number of nitrogens with zero attached hydrogens (tertiary/aromatic N) is 1. The molecule has 0 aliphatic rings. The topological polar surface area (TPSA) is 36.4 Å². The predicted molar refractivity (Wildman–Crippen MR) is 92.3 cm³/mol. The Morgan fingerprint density at radius 1 is 1.19 bits per heavy atom. The number of benzene rings is 1. The van der Waals surface area contributed by atoms with Gasteiger partial charge in [-0.3, -0.25) is 0 Å². The largest absolute Gasteiger partial charge is 0.357 e. The normalized spacial score (nSPS) is 11.4. The van der Waals surface area contributed by atoms with Gasteiger partial charge < -0.3 is 10.6 Å². The first-order chi connectivity index (χ1) is 10.3. The Morgan fingerprint density at radius 2 is 2.00 bits per heavy atom. The van der Waals surface area contributed by atoms with Crippen LogP contribution in [0.2, 0.25) is 5.02 Å². The van der Waals surface area contributed by atoms with Crippen LogP contribution in [0.3, 0.4) is 0 Å². The molecule has 1 aromatic heterocycles. The maximum atomic E-state index is 5.88. The fourth-order valence-electron chi connectivity index (χ4n) is 1.88. The van der Waals surface area contributed by atoms with Crippen LogP contribution in [-0.2, 0) is 13.0 Å².